The van der Waals surface area contributed by atoms with Crippen LogP contribution >= 0.6 is 15.9 Å². The highest BCUT2D eigenvalue weighted by molar-refractivity contribution is 9.10. The first kappa shape index (κ1) is 21.6. The van der Waals surface area contributed by atoms with Gasteiger partial charge < -0.3 is 13.9 Å². The summed E-state index contributed by atoms with van der Waals surface area (Å²) in [6.07, 6.45) is 0.318. The molecule has 0 N–H and O–H groups in total. The van der Waals surface area contributed by atoms with Crippen molar-refractivity contribution in [3.63, 3.8) is 0 Å². The molecule has 0 bridgehead atoms. The smallest absolute Gasteiger partial charge is 0.310 e. The molecule has 1 aliphatic heterocycles. The van der Waals surface area contributed by atoms with Crippen LogP contribution in [0.1, 0.15) is 34.1 Å². The van der Waals surface area contributed by atoms with Crippen molar-refractivity contribution in [3.8, 4) is 11.5 Å². The summed E-state index contributed by atoms with van der Waals surface area (Å²) in [5, 5.41) is 17.2. The van der Waals surface area contributed by atoms with Crippen LogP contribution < -0.4 is 9.47 Å². The Hall–Kier alpha value is -3.66. The van der Waals surface area contributed by atoms with E-state index in [1.54, 1.807) is 50.6 Å². The van der Waals surface area contributed by atoms with E-state index in [-0.39, 0.29) is 11.4 Å². The van der Waals surface area contributed by atoms with Gasteiger partial charge in [-0.3, -0.25) is 14.9 Å². The van der Waals surface area contributed by atoms with E-state index in [0.717, 1.165) is 0 Å². The summed E-state index contributed by atoms with van der Waals surface area (Å²) in [6, 6.07) is 14.0. The number of halogens is 1. The van der Waals surface area contributed by atoms with Gasteiger partial charge in [0, 0.05) is 24.1 Å². The summed E-state index contributed by atoms with van der Waals surface area (Å²) in [7, 11) is 3.10. The van der Waals surface area contributed by atoms with Gasteiger partial charge in [0.2, 0.25) is 0 Å². The number of nitro groups is 1. The molecular formula is C22H18BrN3O6. The Labute approximate surface area is 191 Å². The monoisotopic (exact) mass is 499 g/mol. The van der Waals surface area contributed by atoms with E-state index in [1.165, 1.54) is 23.2 Å². The molecule has 32 heavy (non-hydrogen) atoms. The highest BCUT2D eigenvalue weighted by atomic mass is 79.9. The van der Waals surface area contributed by atoms with Crippen molar-refractivity contribution in [2.75, 3.05) is 14.2 Å². The van der Waals surface area contributed by atoms with Gasteiger partial charge in [-0.25, -0.2) is 5.01 Å². The second kappa shape index (κ2) is 8.83. The molecule has 4 rings (SSSR count). The van der Waals surface area contributed by atoms with E-state index >= 15 is 0 Å². The zero-order valence-corrected chi connectivity index (χ0v) is 18.7. The van der Waals surface area contributed by atoms with Crippen molar-refractivity contribution < 1.29 is 23.6 Å². The van der Waals surface area contributed by atoms with Crippen LogP contribution in [0.4, 0.5) is 5.69 Å². The van der Waals surface area contributed by atoms with Gasteiger partial charge in [-0.05, 0) is 51.8 Å². The molecule has 0 saturated heterocycles. The van der Waals surface area contributed by atoms with Crippen LogP contribution in [0, 0.1) is 10.1 Å². The number of hydrogen-bond acceptors (Lipinski definition) is 7. The number of carbonyl (C=O) groups excluding carboxylic acids is 1. The van der Waals surface area contributed by atoms with Crippen LogP contribution in [0.5, 0.6) is 11.5 Å². The zero-order chi connectivity index (χ0) is 22.8. The molecule has 0 saturated carbocycles. The first-order chi connectivity index (χ1) is 15.4. The summed E-state index contributed by atoms with van der Waals surface area (Å²) in [4.78, 5) is 24.1. The van der Waals surface area contributed by atoms with Gasteiger partial charge in [0.25, 0.3) is 5.69 Å². The van der Waals surface area contributed by atoms with Crippen LogP contribution in [0.2, 0.25) is 0 Å². The predicted octanol–water partition coefficient (Wildman–Crippen LogP) is 4.96. The molecule has 1 amide bonds. The SMILES string of the molecule is COc1ccc(OC)c(C2=NN(C(=O)c3ccc(Br)o3)C(c3cccc([N+](=O)[O-])c3)C2)c1. The zero-order valence-electron chi connectivity index (χ0n) is 17.1. The Bertz CT molecular complexity index is 1220. The summed E-state index contributed by atoms with van der Waals surface area (Å²) in [5.74, 6) is 0.798. The fraction of sp³-hybridized carbons (Fsp3) is 0.182. The summed E-state index contributed by atoms with van der Waals surface area (Å²) < 4.78 is 16.6. The minimum absolute atomic E-state index is 0.0666. The number of furan rings is 1. The van der Waals surface area contributed by atoms with Gasteiger partial charge in [0.1, 0.15) is 11.5 Å². The third kappa shape index (κ3) is 4.09. The van der Waals surface area contributed by atoms with Gasteiger partial charge >= 0.3 is 5.91 Å². The maximum Gasteiger partial charge on any atom is 0.310 e. The number of carbonyl (C=O) groups is 1. The van der Waals surface area contributed by atoms with Crippen LogP contribution in [-0.4, -0.2) is 35.8 Å². The lowest BCUT2D eigenvalue weighted by molar-refractivity contribution is -0.384. The summed E-state index contributed by atoms with van der Waals surface area (Å²) in [5.41, 5.74) is 1.76. The minimum atomic E-state index is -0.572. The second-order valence-electron chi connectivity index (χ2n) is 6.94. The molecular weight excluding hydrogens is 482 g/mol. The lowest BCUT2D eigenvalue weighted by Crippen LogP contribution is -2.26. The van der Waals surface area contributed by atoms with E-state index in [0.29, 0.717) is 39.4 Å². The molecule has 1 aliphatic rings. The topological polar surface area (TPSA) is 107 Å². The molecule has 1 atom stereocenters. The molecule has 10 heteroatoms. The third-order valence-electron chi connectivity index (χ3n) is 5.09. The fourth-order valence-corrected chi connectivity index (χ4v) is 3.85. The molecule has 1 unspecified atom stereocenters. The van der Waals surface area contributed by atoms with Crippen molar-refractivity contribution in [1.82, 2.24) is 5.01 Å². The largest absolute Gasteiger partial charge is 0.497 e. The molecule has 0 spiro atoms. The molecule has 2 aromatic carbocycles. The lowest BCUT2D eigenvalue weighted by atomic mass is 9.97. The first-order valence-electron chi connectivity index (χ1n) is 9.54. The number of hydrogen-bond donors (Lipinski definition) is 0. The lowest BCUT2D eigenvalue weighted by Gasteiger charge is -2.21. The average molecular weight is 500 g/mol. The van der Waals surface area contributed by atoms with Gasteiger partial charge in [0.05, 0.1) is 30.9 Å². The predicted molar refractivity (Wildman–Crippen MR) is 119 cm³/mol. The van der Waals surface area contributed by atoms with Crippen molar-refractivity contribution in [2.45, 2.75) is 12.5 Å². The molecule has 3 aromatic rings. The maximum atomic E-state index is 13.2. The molecule has 0 aliphatic carbocycles. The molecule has 9 nitrogen and oxygen atoms in total. The Kier molecular flexibility index (Phi) is 5.95. The number of nitrogens with zero attached hydrogens (tertiary/aromatic N) is 3. The molecule has 2 heterocycles. The van der Waals surface area contributed by atoms with Crippen molar-refractivity contribution in [3.05, 3.63) is 86.3 Å². The quantitative estimate of drug-likeness (QED) is 0.350. The van der Waals surface area contributed by atoms with Crippen molar-refractivity contribution in [1.29, 1.82) is 0 Å². The number of amides is 1. The minimum Gasteiger partial charge on any atom is -0.497 e. The summed E-state index contributed by atoms with van der Waals surface area (Å²) >= 11 is 3.20. The number of rotatable bonds is 6. The van der Waals surface area contributed by atoms with E-state index in [2.05, 4.69) is 21.0 Å². The number of benzene rings is 2. The standard InChI is InChI=1S/C22H18BrN3O6/c1-30-15-6-7-19(31-2)16(11-15)17-12-18(13-4-3-5-14(10-13)26(28)29)25(24-17)22(27)20-8-9-21(23)32-20/h3-11,18H,12H2,1-2H3. The van der Waals surface area contributed by atoms with Crippen molar-refractivity contribution >= 4 is 33.2 Å². The molecule has 1 aromatic heterocycles. The Balaban J connectivity index is 1.80. The van der Waals surface area contributed by atoms with Gasteiger partial charge in [-0.2, -0.15) is 5.10 Å². The molecule has 0 radical (unpaired) electrons. The van der Waals surface area contributed by atoms with E-state index in [9.17, 15) is 14.9 Å². The van der Waals surface area contributed by atoms with Gasteiger partial charge in [-0.15, -0.1) is 0 Å². The number of methoxy groups -OCH3 is 2. The molecule has 0 fully saturated rings. The van der Waals surface area contributed by atoms with Crippen LogP contribution in [-0.2, 0) is 0 Å². The Morgan fingerprint density at radius 2 is 2.00 bits per heavy atom. The first-order valence-corrected chi connectivity index (χ1v) is 10.3. The highest BCUT2D eigenvalue weighted by Gasteiger charge is 2.36. The van der Waals surface area contributed by atoms with Crippen LogP contribution in [0.25, 0.3) is 0 Å². The maximum absolute atomic E-state index is 13.2. The average Bonchev–Trinajstić information content (AvgIpc) is 3.45. The number of ether oxygens (including phenoxy) is 2. The normalized spacial score (nSPS) is 15.4. The Morgan fingerprint density at radius 3 is 2.66 bits per heavy atom. The van der Waals surface area contributed by atoms with E-state index in [1.807, 2.05) is 0 Å². The highest BCUT2D eigenvalue weighted by Crippen LogP contribution is 2.38. The van der Waals surface area contributed by atoms with Gasteiger partial charge in [-0.1, -0.05) is 12.1 Å². The number of hydrazone groups is 1. The van der Waals surface area contributed by atoms with Gasteiger partial charge in [0.15, 0.2) is 10.4 Å². The van der Waals surface area contributed by atoms with Crippen molar-refractivity contribution in [2.24, 2.45) is 5.10 Å². The Morgan fingerprint density at radius 1 is 1.19 bits per heavy atom. The van der Waals surface area contributed by atoms with E-state index in [4.69, 9.17) is 13.9 Å². The van der Waals surface area contributed by atoms with E-state index < -0.39 is 16.9 Å². The number of non-ortho nitro benzene ring substituents is 1. The molecule has 164 valence electrons. The van der Waals surface area contributed by atoms with Crippen LogP contribution in [0.15, 0.2) is 68.8 Å². The summed E-state index contributed by atoms with van der Waals surface area (Å²) in [6.45, 7) is 0. The second-order valence-corrected chi connectivity index (χ2v) is 7.72. The van der Waals surface area contributed by atoms with Crippen LogP contribution in [0.3, 0.4) is 0 Å². The fourth-order valence-electron chi connectivity index (χ4n) is 3.55. The third-order valence-corrected chi connectivity index (χ3v) is 5.51. The number of nitro benzene ring substituents is 1.